The number of rotatable bonds is 4. The van der Waals surface area contributed by atoms with Gasteiger partial charge in [0.2, 0.25) is 15.9 Å². The number of piperazine rings is 1. The van der Waals surface area contributed by atoms with Gasteiger partial charge >= 0.3 is 0 Å². The van der Waals surface area contributed by atoms with Crippen molar-refractivity contribution in [3.8, 4) is 0 Å². The number of halogens is 2. The van der Waals surface area contributed by atoms with Gasteiger partial charge in [-0.05, 0) is 32.0 Å². The summed E-state index contributed by atoms with van der Waals surface area (Å²) in [6.07, 6.45) is 0.269. The number of amides is 1. The van der Waals surface area contributed by atoms with E-state index in [0.717, 1.165) is 17.0 Å². The molecule has 1 fully saturated rings. The van der Waals surface area contributed by atoms with Crippen molar-refractivity contribution >= 4 is 39.1 Å². The number of aryl methyl sites for hydroxylation is 2. The minimum Gasteiger partial charge on any atom is -0.340 e. The fourth-order valence-corrected chi connectivity index (χ4v) is 5.11. The number of sulfonamides is 1. The van der Waals surface area contributed by atoms with Gasteiger partial charge in [-0.15, -0.1) is 0 Å². The fourth-order valence-electron chi connectivity index (χ4n) is 3.30. The van der Waals surface area contributed by atoms with Crippen molar-refractivity contribution in [2.45, 2.75) is 25.2 Å². The Morgan fingerprint density at radius 3 is 2.29 bits per heavy atom. The zero-order chi connectivity index (χ0) is 20.6. The van der Waals surface area contributed by atoms with Gasteiger partial charge in [0.05, 0.1) is 27.1 Å². The molecular formula is C18H22Cl2N4O3S. The molecular weight excluding hydrogens is 423 g/mol. The normalized spacial score (nSPS) is 15.8. The van der Waals surface area contributed by atoms with E-state index in [1.807, 2.05) is 20.9 Å². The highest BCUT2D eigenvalue weighted by Gasteiger charge is 2.31. The van der Waals surface area contributed by atoms with Gasteiger partial charge in [-0.2, -0.15) is 9.40 Å². The number of aromatic nitrogens is 2. The lowest BCUT2D eigenvalue weighted by atomic mass is 10.1. The van der Waals surface area contributed by atoms with E-state index in [1.165, 1.54) is 22.5 Å². The average Bonchev–Trinajstić information content (AvgIpc) is 2.90. The first kappa shape index (κ1) is 21.1. The second-order valence-electron chi connectivity index (χ2n) is 6.81. The summed E-state index contributed by atoms with van der Waals surface area (Å²) in [4.78, 5) is 14.5. The van der Waals surface area contributed by atoms with Crippen molar-refractivity contribution in [3.05, 3.63) is 45.2 Å². The Kier molecular flexibility index (Phi) is 6.05. The highest BCUT2D eigenvalue weighted by molar-refractivity contribution is 7.89. The average molecular weight is 445 g/mol. The molecule has 0 radical (unpaired) electrons. The highest BCUT2D eigenvalue weighted by atomic mass is 35.5. The van der Waals surface area contributed by atoms with Gasteiger partial charge in [0, 0.05) is 44.5 Å². The van der Waals surface area contributed by atoms with Crippen molar-refractivity contribution < 1.29 is 13.2 Å². The van der Waals surface area contributed by atoms with E-state index in [-0.39, 0.29) is 35.3 Å². The smallest absolute Gasteiger partial charge is 0.243 e. The summed E-state index contributed by atoms with van der Waals surface area (Å²) >= 11 is 11.8. The minimum atomic E-state index is -3.68. The van der Waals surface area contributed by atoms with Crippen LogP contribution in [0.15, 0.2) is 23.1 Å². The summed E-state index contributed by atoms with van der Waals surface area (Å²) in [6.45, 7) is 4.98. The predicted molar refractivity (Wildman–Crippen MR) is 108 cm³/mol. The SMILES string of the molecule is Cc1nn(C)c(C)c1CC(=O)N1CCN(S(=O)(=O)c2ccc(Cl)c(Cl)c2)CC1. The van der Waals surface area contributed by atoms with Crippen molar-refractivity contribution in [1.29, 1.82) is 0 Å². The lowest BCUT2D eigenvalue weighted by Gasteiger charge is -2.34. The largest absolute Gasteiger partial charge is 0.340 e. The fraction of sp³-hybridized carbons (Fsp3) is 0.444. The lowest BCUT2D eigenvalue weighted by molar-refractivity contribution is -0.131. The van der Waals surface area contributed by atoms with Crippen LogP contribution in [-0.2, 0) is 28.3 Å². The van der Waals surface area contributed by atoms with Crippen LogP contribution in [0.25, 0.3) is 0 Å². The van der Waals surface area contributed by atoms with Crippen LogP contribution in [-0.4, -0.2) is 59.5 Å². The van der Waals surface area contributed by atoms with Gasteiger partial charge in [-0.3, -0.25) is 9.48 Å². The summed E-state index contributed by atoms with van der Waals surface area (Å²) in [5.74, 6) is -0.0224. The molecule has 1 aromatic carbocycles. The number of hydrogen-bond acceptors (Lipinski definition) is 4. The Bertz CT molecular complexity index is 1010. The second-order valence-corrected chi connectivity index (χ2v) is 9.56. The molecule has 1 amide bonds. The molecule has 0 atom stereocenters. The Morgan fingerprint density at radius 1 is 1.11 bits per heavy atom. The van der Waals surface area contributed by atoms with Gasteiger partial charge in [0.15, 0.2) is 0 Å². The molecule has 0 aliphatic carbocycles. The van der Waals surface area contributed by atoms with Crippen LogP contribution in [0, 0.1) is 13.8 Å². The Hall–Kier alpha value is -1.61. The topological polar surface area (TPSA) is 75.5 Å². The second kappa shape index (κ2) is 8.02. The quantitative estimate of drug-likeness (QED) is 0.725. The first-order valence-corrected chi connectivity index (χ1v) is 11.0. The third kappa shape index (κ3) is 4.05. The van der Waals surface area contributed by atoms with E-state index in [4.69, 9.17) is 23.2 Å². The van der Waals surface area contributed by atoms with Crippen LogP contribution in [0.3, 0.4) is 0 Å². The number of nitrogens with zero attached hydrogens (tertiary/aromatic N) is 4. The summed E-state index contributed by atoms with van der Waals surface area (Å²) in [6, 6.07) is 4.26. The molecule has 28 heavy (non-hydrogen) atoms. The molecule has 7 nitrogen and oxygen atoms in total. The van der Waals surface area contributed by atoms with E-state index in [9.17, 15) is 13.2 Å². The minimum absolute atomic E-state index is 0.0224. The maximum absolute atomic E-state index is 12.8. The maximum Gasteiger partial charge on any atom is 0.243 e. The van der Waals surface area contributed by atoms with Crippen LogP contribution in [0.2, 0.25) is 10.0 Å². The highest BCUT2D eigenvalue weighted by Crippen LogP contribution is 2.27. The number of carbonyl (C=O) groups excluding carboxylic acids is 1. The maximum atomic E-state index is 12.8. The van der Waals surface area contributed by atoms with Crippen LogP contribution >= 0.6 is 23.2 Å². The molecule has 1 aliphatic rings. The molecule has 1 saturated heterocycles. The number of carbonyl (C=O) groups is 1. The van der Waals surface area contributed by atoms with Crippen molar-refractivity contribution in [2.24, 2.45) is 7.05 Å². The van der Waals surface area contributed by atoms with Crippen LogP contribution in [0.4, 0.5) is 0 Å². The van der Waals surface area contributed by atoms with E-state index in [1.54, 1.807) is 9.58 Å². The first-order chi connectivity index (χ1) is 13.1. The summed E-state index contributed by atoms with van der Waals surface area (Å²) in [5, 5.41) is 4.83. The monoisotopic (exact) mass is 444 g/mol. The molecule has 3 rings (SSSR count). The van der Waals surface area contributed by atoms with Crippen molar-refractivity contribution in [3.63, 3.8) is 0 Å². The third-order valence-electron chi connectivity index (χ3n) is 5.11. The molecule has 152 valence electrons. The summed E-state index contributed by atoms with van der Waals surface area (Å²) in [7, 11) is -1.83. The van der Waals surface area contributed by atoms with Crippen LogP contribution in [0.5, 0.6) is 0 Å². The lowest BCUT2D eigenvalue weighted by Crippen LogP contribution is -2.50. The molecule has 0 spiro atoms. The molecule has 2 heterocycles. The van der Waals surface area contributed by atoms with Crippen molar-refractivity contribution in [2.75, 3.05) is 26.2 Å². The van der Waals surface area contributed by atoms with Crippen molar-refractivity contribution in [1.82, 2.24) is 19.0 Å². The number of benzene rings is 1. The Labute approximate surface area is 174 Å². The third-order valence-corrected chi connectivity index (χ3v) is 7.74. The first-order valence-electron chi connectivity index (χ1n) is 8.83. The zero-order valence-corrected chi connectivity index (χ0v) is 18.3. The number of hydrogen-bond donors (Lipinski definition) is 0. The van der Waals surface area contributed by atoms with E-state index in [2.05, 4.69) is 5.10 Å². The standard InChI is InChI=1S/C18H22Cl2N4O3S/c1-12-15(13(2)22(3)21-12)11-18(25)23-6-8-24(9-7-23)28(26,27)14-4-5-16(19)17(20)10-14/h4-5,10H,6-9,11H2,1-3H3. The van der Waals surface area contributed by atoms with Gasteiger partial charge in [-0.25, -0.2) is 8.42 Å². The predicted octanol–water partition coefficient (Wildman–Crippen LogP) is 2.42. The molecule has 0 N–H and O–H groups in total. The Balaban J connectivity index is 1.66. The Morgan fingerprint density at radius 2 is 1.75 bits per heavy atom. The molecule has 1 aromatic heterocycles. The van der Waals surface area contributed by atoms with Gasteiger partial charge in [0.25, 0.3) is 0 Å². The van der Waals surface area contributed by atoms with Gasteiger partial charge in [0.1, 0.15) is 0 Å². The van der Waals surface area contributed by atoms with Crippen LogP contribution in [0.1, 0.15) is 17.0 Å². The summed E-state index contributed by atoms with van der Waals surface area (Å²) < 4.78 is 28.8. The molecule has 0 bridgehead atoms. The van der Waals surface area contributed by atoms with Crippen LogP contribution < -0.4 is 0 Å². The van der Waals surface area contributed by atoms with Gasteiger partial charge in [-0.1, -0.05) is 23.2 Å². The molecule has 1 aliphatic heterocycles. The van der Waals surface area contributed by atoms with E-state index in [0.29, 0.717) is 18.1 Å². The molecule has 10 heteroatoms. The van der Waals surface area contributed by atoms with E-state index < -0.39 is 10.0 Å². The molecule has 2 aromatic rings. The van der Waals surface area contributed by atoms with Gasteiger partial charge < -0.3 is 4.90 Å². The van der Waals surface area contributed by atoms with E-state index >= 15 is 0 Å². The zero-order valence-electron chi connectivity index (χ0n) is 15.9. The molecule has 0 unspecified atom stereocenters. The molecule has 0 saturated carbocycles. The summed E-state index contributed by atoms with van der Waals surface area (Å²) in [5.41, 5.74) is 2.74.